The van der Waals surface area contributed by atoms with E-state index in [2.05, 4.69) is 23.9 Å². The number of piperidine rings is 1. The van der Waals surface area contributed by atoms with Gasteiger partial charge in [-0.05, 0) is 26.9 Å². The van der Waals surface area contributed by atoms with Crippen molar-refractivity contribution in [1.82, 2.24) is 9.80 Å². The number of rotatable bonds is 2. The summed E-state index contributed by atoms with van der Waals surface area (Å²) in [5, 5.41) is 8.21. The molecule has 1 aromatic carbocycles. The van der Waals surface area contributed by atoms with Gasteiger partial charge in [0.05, 0.1) is 0 Å². The minimum Gasteiger partial charge on any atom is -0.356 e. The van der Waals surface area contributed by atoms with Crippen molar-refractivity contribution >= 4 is 5.84 Å². The average molecular weight is 231 g/mol. The van der Waals surface area contributed by atoms with Gasteiger partial charge in [-0.25, -0.2) is 0 Å². The number of amidine groups is 1. The lowest BCUT2D eigenvalue weighted by Crippen LogP contribution is -2.44. The number of nitrogens with zero attached hydrogens (tertiary/aromatic N) is 2. The molecule has 0 aliphatic carbocycles. The molecule has 1 aliphatic heterocycles. The SMILES string of the molecule is CN(C)C1CCN(C(=N)c2ccccc2)CC1. The first kappa shape index (κ1) is 12.1. The van der Waals surface area contributed by atoms with Crippen molar-refractivity contribution < 1.29 is 0 Å². The molecule has 2 rings (SSSR count). The smallest absolute Gasteiger partial charge is 0.128 e. The summed E-state index contributed by atoms with van der Waals surface area (Å²) < 4.78 is 0. The van der Waals surface area contributed by atoms with Gasteiger partial charge in [-0.1, -0.05) is 30.3 Å². The molecule has 0 atom stereocenters. The summed E-state index contributed by atoms with van der Waals surface area (Å²) in [5.41, 5.74) is 1.02. The first-order valence-corrected chi connectivity index (χ1v) is 6.24. The summed E-state index contributed by atoms with van der Waals surface area (Å²) in [5.74, 6) is 0.669. The van der Waals surface area contributed by atoms with E-state index in [9.17, 15) is 0 Å². The normalized spacial score (nSPS) is 17.5. The van der Waals surface area contributed by atoms with Crippen molar-refractivity contribution in [1.29, 1.82) is 5.41 Å². The maximum atomic E-state index is 8.21. The summed E-state index contributed by atoms with van der Waals surface area (Å²) in [7, 11) is 4.28. The quantitative estimate of drug-likeness (QED) is 0.623. The predicted octanol–water partition coefficient (Wildman–Crippen LogP) is 2.04. The second-order valence-electron chi connectivity index (χ2n) is 4.90. The van der Waals surface area contributed by atoms with E-state index in [1.807, 2.05) is 30.3 Å². The Morgan fingerprint density at radius 2 is 1.76 bits per heavy atom. The van der Waals surface area contributed by atoms with E-state index in [4.69, 9.17) is 5.41 Å². The van der Waals surface area contributed by atoms with Crippen LogP contribution in [0.5, 0.6) is 0 Å². The molecule has 0 radical (unpaired) electrons. The zero-order valence-electron chi connectivity index (χ0n) is 10.7. The van der Waals surface area contributed by atoms with Gasteiger partial charge in [0.2, 0.25) is 0 Å². The summed E-state index contributed by atoms with van der Waals surface area (Å²) in [6.45, 7) is 1.99. The number of nitrogens with one attached hydrogen (secondary N) is 1. The lowest BCUT2D eigenvalue weighted by Gasteiger charge is -2.36. The summed E-state index contributed by atoms with van der Waals surface area (Å²) in [6, 6.07) is 10.7. The second-order valence-corrected chi connectivity index (χ2v) is 4.90. The molecule has 17 heavy (non-hydrogen) atoms. The molecule has 3 heteroatoms. The number of hydrogen-bond acceptors (Lipinski definition) is 2. The lowest BCUT2D eigenvalue weighted by atomic mass is 10.0. The molecule has 3 nitrogen and oxygen atoms in total. The molecule has 0 spiro atoms. The Morgan fingerprint density at radius 1 is 1.18 bits per heavy atom. The lowest BCUT2D eigenvalue weighted by molar-refractivity contribution is 0.191. The highest BCUT2D eigenvalue weighted by Gasteiger charge is 2.22. The highest BCUT2D eigenvalue weighted by atomic mass is 15.2. The third-order valence-corrected chi connectivity index (χ3v) is 3.56. The number of benzene rings is 1. The third kappa shape index (κ3) is 2.86. The van der Waals surface area contributed by atoms with E-state index in [0.29, 0.717) is 11.9 Å². The van der Waals surface area contributed by atoms with E-state index in [1.165, 1.54) is 0 Å². The van der Waals surface area contributed by atoms with Crippen LogP contribution in [0.2, 0.25) is 0 Å². The van der Waals surface area contributed by atoms with E-state index in [0.717, 1.165) is 31.5 Å². The fraction of sp³-hybridized carbons (Fsp3) is 0.500. The van der Waals surface area contributed by atoms with Crippen molar-refractivity contribution in [3.63, 3.8) is 0 Å². The minimum absolute atomic E-state index is 0.669. The molecule has 0 aromatic heterocycles. The van der Waals surface area contributed by atoms with E-state index in [1.54, 1.807) is 0 Å². The van der Waals surface area contributed by atoms with Crippen molar-refractivity contribution in [2.24, 2.45) is 0 Å². The van der Waals surface area contributed by atoms with E-state index >= 15 is 0 Å². The van der Waals surface area contributed by atoms with Crippen LogP contribution in [0.3, 0.4) is 0 Å². The molecule has 1 aliphatic rings. The molecule has 1 heterocycles. The molecule has 1 saturated heterocycles. The van der Waals surface area contributed by atoms with Crippen molar-refractivity contribution in [2.75, 3.05) is 27.2 Å². The highest BCUT2D eigenvalue weighted by Crippen LogP contribution is 2.16. The van der Waals surface area contributed by atoms with Crippen LogP contribution in [0.15, 0.2) is 30.3 Å². The average Bonchev–Trinajstić information content (AvgIpc) is 2.39. The van der Waals surface area contributed by atoms with Gasteiger partial charge in [-0.2, -0.15) is 0 Å². The fourth-order valence-electron chi connectivity index (χ4n) is 2.38. The van der Waals surface area contributed by atoms with Gasteiger partial charge >= 0.3 is 0 Å². The van der Waals surface area contributed by atoms with Crippen molar-refractivity contribution in [3.8, 4) is 0 Å². The zero-order valence-corrected chi connectivity index (χ0v) is 10.7. The van der Waals surface area contributed by atoms with Gasteiger partial charge in [-0.3, -0.25) is 5.41 Å². The van der Waals surface area contributed by atoms with Gasteiger partial charge in [0.15, 0.2) is 0 Å². The van der Waals surface area contributed by atoms with E-state index in [-0.39, 0.29) is 0 Å². The number of likely N-dealkylation sites (tertiary alicyclic amines) is 1. The van der Waals surface area contributed by atoms with Crippen molar-refractivity contribution in [3.05, 3.63) is 35.9 Å². The van der Waals surface area contributed by atoms with Crippen LogP contribution < -0.4 is 0 Å². The standard InChI is InChI=1S/C14H21N3/c1-16(2)13-8-10-17(11-9-13)14(15)12-6-4-3-5-7-12/h3-7,13,15H,8-11H2,1-2H3. The minimum atomic E-state index is 0.669. The topological polar surface area (TPSA) is 30.3 Å². The summed E-state index contributed by atoms with van der Waals surface area (Å²) in [6.07, 6.45) is 2.31. The summed E-state index contributed by atoms with van der Waals surface area (Å²) in [4.78, 5) is 4.48. The Bertz CT molecular complexity index is 364. The van der Waals surface area contributed by atoms with Crippen LogP contribution in [0.4, 0.5) is 0 Å². The fourth-order valence-corrected chi connectivity index (χ4v) is 2.38. The summed E-state index contributed by atoms with van der Waals surface area (Å²) >= 11 is 0. The van der Waals surface area contributed by atoms with Gasteiger partial charge in [-0.15, -0.1) is 0 Å². The second kappa shape index (κ2) is 5.32. The molecule has 1 fully saturated rings. The Morgan fingerprint density at radius 3 is 2.29 bits per heavy atom. The molecular formula is C14H21N3. The monoisotopic (exact) mass is 231 g/mol. The molecule has 92 valence electrons. The van der Waals surface area contributed by atoms with Crippen LogP contribution in [0, 0.1) is 5.41 Å². The van der Waals surface area contributed by atoms with Crippen LogP contribution >= 0.6 is 0 Å². The number of hydrogen-bond donors (Lipinski definition) is 1. The molecule has 1 N–H and O–H groups in total. The molecule has 0 amide bonds. The Balaban J connectivity index is 1.95. The largest absolute Gasteiger partial charge is 0.356 e. The van der Waals surface area contributed by atoms with Crippen LogP contribution in [0.25, 0.3) is 0 Å². The Labute approximate surface area is 104 Å². The first-order chi connectivity index (χ1) is 8.18. The van der Waals surface area contributed by atoms with Crippen LogP contribution in [-0.2, 0) is 0 Å². The Kier molecular flexibility index (Phi) is 3.79. The van der Waals surface area contributed by atoms with Crippen molar-refractivity contribution in [2.45, 2.75) is 18.9 Å². The molecule has 1 aromatic rings. The Hall–Kier alpha value is -1.35. The van der Waals surface area contributed by atoms with Crippen LogP contribution in [0.1, 0.15) is 18.4 Å². The maximum absolute atomic E-state index is 8.21. The zero-order chi connectivity index (χ0) is 12.3. The van der Waals surface area contributed by atoms with Gasteiger partial charge in [0.25, 0.3) is 0 Å². The highest BCUT2D eigenvalue weighted by molar-refractivity contribution is 5.96. The maximum Gasteiger partial charge on any atom is 0.128 e. The van der Waals surface area contributed by atoms with Gasteiger partial charge in [0.1, 0.15) is 5.84 Å². The third-order valence-electron chi connectivity index (χ3n) is 3.56. The molecule has 0 unspecified atom stereocenters. The molecule has 0 saturated carbocycles. The predicted molar refractivity (Wildman–Crippen MR) is 71.6 cm³/mol. The first-order valence-electron chi connectivity index (χ1n) is 6.24. The van der Waals surface area contributed by atoms with Gasteiger partial charge < -0.3 is 9.80 Å². The molecule has 0 bridgehead atoms. The van der Waals surface area contributed by atoms with Crippen LogP contribution in [-0.4, -0.2) is 48.9 Å². The molecular weight excluding hydrogens is 210 g/mol. The van der Waals surface area contributed by atoms with E-state index < -0.39 is 0 Å². The van der Waals surface area contributed by atoms with Gasteiger partial charge in [0, 0.05) is 24.7 Å².